The number of pyridine rings is 1. The number of aromatic nitrogens is 1. The first-order valence-electron chi connectivity index (χ1n) is 9.39. The third-order valence-corrected chi connectivity index (χ3v) is 5.22. The molecular formula is C21H26N4O. The minimum Gasteiger partial charge on any atom is -0.310 e. The first-order valence-corrected chi connectivity index (χ1v) is 9.39. The molecule has 1 unspecified atom stereocenters. The molecule has 1 aliphatic heterocycles. The lowest BCUT2D eigenvalue weighted by Crippen LogP contribution is -2.36. The van der Waals surface area contributed by atoms with E-state index < -0.39 is 0 Å². The number of hydrogen-bond donors (Lipinski definition) is 1. The largest absolute Gasteiger partial charge is 0.310 e. The number of likely N-dealkylation sites (tertiary alicyclic amines) is 1. The molecule has 0 aliphatic carbocycles. The summed E-state index contributed by atoms with van der Waals surface area (Å²) in [4.78, 5) is 19.1. The molecule has 5 heteroatoms. The Morgan fingerprint density at radius 3 is 2.81 bits per heavy atom. The molecule has 26 heavy (non-hydrogen) atoms. The third-order valence-electron chi connectivity index (χ3n) is 5.22. The van der Waals surface area contributed by atoms with Gasteiger partial charge < -0.3 is 10.2 Å². The Balaban J connectivity index is 1.77. The van der Waals surface area contributed by atoms with Crippen LogP contribution in [0.2, 0.25) is 0 Å². The second kappa shape index (κ2) is 8.29. The first-order chi connectivity index (χ1) is 12.6. The van der Waals surface area contributed by atoms with Crippen LogP contribution >= 0.6 is 0 Å². The summed E-state index contributed by atoms with van der Waals surface area (Å²) in [5, 5.41) is 14.4. The molecule has 1 aliphatic rings. The van der Waals surface area contributed by atoms with Gasteiger partial charge in [-0.2, -0.15) is 5.26 Å². The van der Waals surface area contributed by atoms with Crippen molar-refractivity contribution in [2.45, 2.75) is 38.5 Å². The van der Waals surface area contributed by atoms with Crippen molar-refractivity contribution in [3.63, 3.8) is 0 Å². The lowest BCUT2D eigenvalue weighted by Gasteiger charge is -2.27. The molecular weight excluding hydrogens is 324 g/mol. The summed E-state index contributed by atoms with van der Waals surface area (Å²) in [5.41, 5.74) is 1.03. The highest BCUT2D eigenvalue weighted by Gasteiger charge is 2.23. The minimum atomic E-state index is -0.0881. The van der Waals surface area contributed by atoms with Gasteiger partial charge in [0.15, 0.2) is 0 Å². The van der Waals surface area contributed by atoms with Gasteiger partial charge in [0.2, 0.25) is 5.91 Å². The van der Waals surface area contributed by atoms with Crippen molar-refractivity contribution in [3.05, 3.63) is 36.0 Å². The Labute approximate surface area is 155 Å². The maximum absolute atomic E-state index is 12.5. The maximum atomic E-state index is 12.5. The zero-order valence-electron chi connectivity index (χ0n) is 15.5. The summed E-state index contributed by atoms with van der Waals surface area (Å²) in [6.45, 7) is 4.01. The first kappa shape index (κ1) is 18.3. The fourth-order valence-electron chi connectivity index (χ4n) is 3.54. The van der Waals surface area contributed by atoms with Crippen LogP contribution in [0, 0.1) is 17.2 Å². The highest BCUT2D eigenvalue weighted by Crippen LogP contribution is 2.26. The number of carbonyl (C=O) groups is 1. The monoisotopic (exact) mass is 350 g/mol. The number of benzene rings is 1. The lowest BCUT2D eigenvalue weighted by atomic mass is 9.94. The van der Waals surface area contributed by atoms with Gasteiger partial charge in [-0.1, -0.05) is 25.5 Å². The fourth-order valence-corrected chi connectivity index (χ4v) is 3.54. The second-order valence-corrected chi connectivity index (χ2v) is 7.21. The van der Waals surface area contributed by atoms with Crippen LogP contribution in [0.1, 0.15) is 44.1 Å². The molecule has 1 fully saturated rings. The Bertz CT molecular complexity index is 818. The van der Waals surface area contributed by atoms with Gasteiger partial charge in [0.05, 0.1) is 12.0 Å². The summed E-state index contributed by atoms with van der Waals surface area (Å²) < 4.78 is 0. The Kier molecular flexibility index (Phi) is 5.85. The second-order valence-electron chi connectivity index (χ2n) is 7.21. The normalized spacial score (nSPS) is 17.0. The van der Waals surface area contributed by atoms with E-state index in [0.717, 1.165) is 55.1 Å². The van der Waals surface area contributed by atoms with Gasteiger partial charge in [0.1, 0.15) is 5.82 Å². The van der Waals surface area contributed by atoms with E-state index in [-0.39, 0.29) is 17.7 Å². The third kappa shape index (κ3) is 4.20. The number of nitrogens with one attached hydrogen (secondary N) is 1. The van der Waals surface area contributed by atoms with Gasteiger partial charge in [-0.05, 0) is 62.5 Å². The number of piperidine rings is 1. The number of rotatable bonds is 5. The molecule has 1 amide bonds. The molecule has 1 aromatic carbocycles. The average molecular weight is 350 g/mol. The molecule has 1 aromatic heterocycles. The van der Waals surface area contributed by atoms with Crippen molar-refractivity contribution < 1.29 is 4.79 Å². The molecule has 2 heterocycles. The van der Waals surface area contributed by atoms with E-state index in [0.29, 0.717) is 5.82 Å². The van der Waals surface area contributed by atoms with E-state index >= 15 is 0 Å². The highest BCUT2D eigenvalue weighted by molar-refractivity contribution is 5.94. The number of nitriles is 1. The summed E-state index contributed by atoms with van der Waals surface area (Å²) >= 11 is 0. The molecule has 136 valence electrons. The molecule has 1 atom stereocenters. The van der Waals surface area contributed by atoms with E-state index in [1.165, 1.54) is 0 Å². The van der Waals surface area contributed by atoms with Crippen LogP contribution in [0.3, 0.4) is 0 Å². The van der Waals surface area contributed by atoms with E-state index in [2.05, 4.69) is 35.2 Å². The van der Waals surface area contributed by atoms with Gasteiger partial charge in [-0.15, -0.1) is 0 Å². The van der Waals surface area contributed by atoms with E-state index in [4.69, 9.17) is 0 Å². The topological polar surface area (TPSA) is 69.0 Å². The Morgan fingerprint density at radius 1 is 1.35 bits per heavy atom. The zero-order chi connectivity index (χ0) is 18.5. The standard InChI is InChI=1S/C21H26N4O/c1-3-4-17(13-22)16-5-6-18-14-23-20(12-19(18)11-16)24-21(26)15-7-9-25(2)10-8-15/h5-6,11-12,14-15,17H,3-4,7-10H2,1-2H3,(H,23,24,26). The van der Waals surface area contributed by atoms with Crippen LogP contribution in [0.15, 0.2) is 30.5 Å². The SMILES string of the molecule is CCCC(C#N)c1ccc2cnc(NC(=O)C3CCN(C)CC3)cc2c1. The van der Waals surface area contributed by atoms with Crippen LogP contribution in [0.5, 0.6) is 0 Å². The van der Waals surface area contributed by atoms with Crippen molar-refractivity contribution in [2.75, 3.05) is 25.5 Å². The predicted octanol–water partition coefficient (Wildman–Crippen LogP) is 3.92. The molecule has 5 nitrogen and oxygen atoms in total. The molecule has 0 saturated carbocycles. The van der Waals surface area contributed by atoms with Crippen molar-refractivity contribution >= 4 is 22.5 Å². The lowest BCUT2D eigenvalue weighted by molar-refractivity contribution is -0.121. The summed E-state index contributed by atoms with van der Waals surface area (Å²) in [5.74, 6) is 0.613. The number of anilines is 1. The molecule has 0 spiro atoms. The molecule has 3 rings (SSSR count). The Hall–Kier alpha value is -2.45. The molecule has 0 bridgehead atoms. The van der Waals surface area contributed by atoms with Gasteiger partial charge in [0, 0.05) is 17.5 Å². The van der Waals surface area contributed by atoms with E-state index in [1.54, 1.807) is 6.20 Å². The van der Waals surface area contributed by atoms with Crippen molar-refractivity contribution in [2.24, 2.45) is 5.92 Å². The maximum Gasteiger partial charge on any atom is 0.228 e. The number of hydrogen-bond acceptors (Lipinski definition) is 4. The number of nitrogens with zero attached hydrogens (tertiary/aromatic N) is 3. The highest BCUT2D eigenvalue weighted by atomic mass is 16.1. The zero-order valence-corrected chi connectivity index (χ0v) is 15.5. The van der Waals surface area contributed by atoms with Crippen LogP contribution in [0.25, 0.3) is 10.8 Å². The smallest absolute Gasteiger partial charge is 0.228 e. The van der Waals surface area contributed by atoms with Crippen molar-refractivity contribution in [1.82, 2.24) is 9.88 Å². The van der Waals surface area contributed by atoms with Gasteiger partial charge in [-0.25, -0.2) is 4.98 Å². The van der Waals surface area contributed by atoms with Gasteiger partial charge in [0.25, 0.3) is 0 Å². The summed E-state index contributed by atoms with van der Waals surface area (Å²) in [6.07, 6.45) is 5.39. The summed E-state index contributed by atoms with van der Waals surface area (Å²) in [7, 11) is 2.09. The van der Waals surface area contributed by atoms with Crippen LogP contribution in [-0.4, -0.2) is 35.9 Å². The van der Waals surface area contributed by atoms with E-state index in [9.17, 15) is 10.1 Å². The minimum absolute atomic E-state index is 0.0574. The van der Waals surface area contributed by atoms with Crippen molar-refractivity contribution in [3.8, 4) is 6.07 Å². The van der Waals surface area contributed by atoms with Crippen LogP contribution in [-0.2, 0) is 4.79 Å². The number of fused-ring (bicyclic) bond motifs is 1. The summed E-state index contributed by atoms with van der Waals surface area (Å²) in [6, 6.07) is 10.3. The predicted molar refractivity (Wildman–Crippen MR) is 104 cm³/mol. The fraction of sp³-hybridized carbons (Fsp3) is 0.476. The van der Waals surface area contributed by atoms with Gasteiger partial charge >= 0.3 is 0 Å². The van der Waals surface area contributed by atoms with Crippen LogP contribution in [0.4, 0.5) is 5.82 Å². The Morgan fingerprint density at radius 2 is 2.12 bits per heavy atom. The average Bonchev–Trinajstić information content (AvgIpc) is 2.66. The van der Waals surface area contributed by atoms with E-state index in [1.807, 2.05) is 24.3 Å². The number of amides is 1. The van der Waals surface area contributed by atoms with Crippen molar-refractivity contribution in [1.29, 1.82) is 5.26 Å². The molecule has 1 N–H and O–H groups in total. The number of carbonyl (C=O) groups excluding carboxylic acids is 1. The van der Waals surface area contributed by atoms with Gasteiger partial charge in [-0.3, -0.25) is 4.79 Å². The molecule has 2 aromatic rings. The molecule has 0 radical (unpaired) electrons. The quantitative estimate of drug-likeness (QED) is 0.887. The van der Waals surface area contributed by atoms with Crippen LogP contribution < -0.4 is 5.32 Å². The molecule has 1 saturated heterocycles.